The van der Waals surface area contributed by atoms with E-state index in [9.17, 15) is 9.59 Å². The van der Waals surface area contributed by atoms with Gasteiger partial charge in [0.05, 0.1) is 11.4 Å². The van der Waals surface area contributed by atoms with Crippen LogP contribution in [0.2, 0.25) is 0 Å². The normalized spacial score (nSPS) is 10.2. The number of carbonyl (C=O) groups is 1. The van der Waals surface area contributed by atoms with Crippen LogP contribution < -0.4 is 16.6 Å². The van der Waals surface area contributed by atoms with Crippen LogP contribution in [0.25, 0.3) is 0 Å². The van der Waals surface area contributed by atoms with Crippen molar-refractivity contribution in [2.75, 3.05) is 11.1 Å². The minimum absolute atomic E-state index is 0.0888. The molecule has 0 fully saturated rings. The molecular weight excluding hydrogens is 242 g/mol. The zero-order valence-corrected chi connectivity index (χ0v) is 10.8. The zero-order valence-electron chi connectivity index (χ0n) is 10.8. The number of nitrogens with one attached hydrogen (secondary N) is 1. The lowest BCUT2D eigenvalue weighted by Crippen LogP contribution is -2.27. The van der Waals surface area contributed by atoms with Crippen LogP contribution in [0.3, 0.4) is 0 Å². The summed E-state index contributed by atoms with van der Waals surface area (Å²) in [7, 11) is 1.60. The predicted molar refractivity (Wildman–Crippen MR) is 75.2 cm³/mol. The first kappa shape index (κ1) is 12.9. The Morgan fingerprint density at radius 3 is 2.79 bits per heavy atom. The molecule has 1 aromatic heterocycles. The second-order valence-electron chi connectivity index (χ2n) is 4.38. The van der Waals surface area contributed by atoms with Gasteiger partial charge in [-0.2, -0.15) is 0 Å². The fraction of sp³-hybridized carbons (Fsp3) is 0.143. The van der Waals surface area contributed by atoms with Gasteiger partial charge < -0.3 is 15.6 Å². The lowest BCUT2D eigenvalue weighted by Gasteiger charge is -2.09. The summed E-state index contributed by atoms with van der Waals surface area (Å²) >= 11 is 0. The first-order chi connectivity index (χ1) is 8.99. The highest BCUT2D eigenvalue weighted by Gasteiger charge is 2.12. The number of aryl methyl sites for hydroxylation is 2. The molecule has 98 valence electrons. The topological polar surface area (TPSA) is 77.1 Å². The van der Waals surface area contributed by atoms with Crippen LogP contribution in [0.15, 0.2) is 41.3 Å². The lowest BCUT2D eigenvalue weighted by atomic mass is 10.2. The van der Waals surface area contributed by atoms with Crippen molar-refractivity contribution in [1.82, 2.24) is 4.57 Å². The number of nitrogens with two attached hydrogens (primary N) is 1. The van der Waals surface area contributed by atoms with Gasteiger partial charge in [0, 0.05) is 13.2 Å². The van der Waals surface area contributed by atoms with Gasteiger partial charge in [0.25, 0.3) is 11.5 Å². The Bertz CT molecular complexity index is 689. The Morgan fingerprint density at radius 1 is 1.32 bits per heavy atom. The number of nitrogen functional groups attached to an aromatic ring is 1. The highest BCUT2D eigenvalue weighted by Crippen LogP contribution is 2.19. The maximum atomic E-state index is 12.1. The molecule has 0 radical (unpaired) electrons. The van der Waals surface area contributed by atoms with Gasteiger partial charge in [-0.25, -0.2) is 0 Å². The van der Waals surface area contributed by atoms with Crippen LogP contribution in [0.4, 0.5) is 11.4 Å². The summed E-state index contributed by atoms with van der Waals surface area (Å²) < 4.78 is 1.36. The number of hydrogen-bond donors (Lipinski definition) is 2. The minimum atomic E-state index is -0.460. The molecule has 1 amide bonds. The highest BCUT2D eigenvalue weighted by atomic mass is 16.2. The van der Waals surface area contributed by atoms with Crippen molar-refractivity contribution in [3.05, 3.63) is 58.0 Å². The second-order valence-corrected chi connectivity index (χ2v) is 4.38. The number of hydrogen-bond acceptors (Lipinski definition) is 3. The number of benzene rings is 1. The third kappa shape index (κ3) is 2.65. The fourth-order valence-electron chi connectivity index (χ4n) is 1.74. The van der Waals surface area contributed by atoms with Crippen molar-refractivity contribution in [2.24, 2.45) is 7.05 Å². The van der Waals surface area contributed by atoms with Gasteiger partial charge in [-0.1, -0.05) is 6.07 Å². The van der Waals surface area contributed by atoms with E-state index >= 15 is 0 Å². The zero-order chi connectivity index (χ0) is 14.0. The molecule has 5 nitrogen and oxygen atoms in total. The van der Waals surface area contributed by atoms with E-state index in [1.165, 1.54) is 10.6 Å². The summed E-state index contributed by atoms with van der Waals surface area (Å²) in [4.78, 5) is 23.9. The summed E-state index contributed by atoms with van der Waals surface area (Å²) in [5, 5.41) is 2.66. The van der Waals surface area contributed by atoms with Crippen LogP contribution >= 0.6 is 0 Å². The van der Waals surface area contributed by atoms with Gasteiger partial charge in [-0.05, 0) is 36.8 Å². The molecule has 3 N–H and O–H groups in total. The van der Waals surface area contributed by atoms with Crippen LogP contribution in [0.1, 0.15) is 15.9 Å². The molecule has 0 atom stereocenters. The van der Waals surface area contributed by atoms with Crippen molar-refractivity contribution < 1.29 is 4.79 Å². The molecule has 0 spiro atoms. The van der Waals surface area contributed by atoms with Gasteiger partial charge >= 0.3 is 0 Å². The van der Waals surface area contributed by atoms with Crippen molar-refractivity contribution >= 4 is 17.3 Å². The summed E-state index contributed by atoms with van der Waals surface area (Å²) in [5.74, 6) is -0.460. The van der Waals surface area contributed by atoms with E-state index in [0.29, 0.717) is 11.4 Å². The summed E-state index contributed by atoms with van der Waals surface area (Å²) in [6, 6.07) is 8.47. The molecule has 0 bridgehead atoms. The number of anilines is 2. The van der Waals surface area contributed by atoms with E-state index in [1.54, 1.807) is 31.4 Å². The molecule has 5 heteroatoms. The quantitative estimate of drug-likeness (QED) is 0.801. The molecule has 0 unspecified atom stereocenters. The molecule has 1 heterocycles. The molecule has 0 aliphatic heterocycles. The van der Waals surface area contributed by atoms with Gasteiger partial charge in [0.2, 0.25) is 0 Å². The lowest BCUT2D eigenvalue weighted by molar-refractivity contribution is 0.102. The first-order valence-corrected chi connectivity index (χ1v) is 5.82. The van der Waals surface area contributed by atoms with E-state index in [0.717, 1.165) is 5.56 Å². The number of carbonyl (C=O) groups excluding carboxylic acids is 1. The third-order valence-corrected chi connectivity index (χ3v) is 2.82. The SMILES string of the molecule is Cc1ccc(N)c(NC(=O)c2cccn(C)c2=O)c1. The van der Waals surface area contributed by atoms with Crippen molar-refractivity contribution in [1.29, 1.82) is 0 Å². The molecule has 0 saturated heterocycles. The molecule has 19 heavy (non-hydrogen) atoms. The van der Waals surface area contributed by atoms with E-state index in [2.05, 4.69) is 5.32 Å². The van der Waals surface area contributed by atoms with Crippen molar-refractivity contribution in [3.8, 4) is 0 Å². The minimum Gasteiger partial charge on any atom is -0.397 e. The Balaban J connectivity index is 2.34. The Labute approximate surface area is 110 Å². The number of rotatable bonds is 2. The van der Waals surface area contributed by atoms with Crippen LogP contribution in [0.5, 0.6) is 0 Å². The summed E-state index contributed by atoms with van der Waals surface area (Å²) in [6.07, 6.45) is 1.60. The highest BCUT2D eigenvalue weighted by molar-refractivity contribution is 6.05. The van der Waals surface area contributed by atoms with Gasteiger partial charge in [0.1, 0.15) is 5.56 Å². The third-order valence-electron chi connectivity index (χ3n) is 2.82. The van der Waals surface area contributed by atoms with E-state index in [4.69, 9.17) is 5.73 Å². The second kappa shape index (κ2) is 4.97. The fourth-order valence-corrected chi connectivity index (χ4v) is 1.74. The predicted octanol–water partition coefficient (Wildman–Crippen LogP) is 1.53. The number of nitrogens with zero attached hydrogens (tertiary/aromatic N) is 1. The van der Waals surface area contributed by atoms with Crippen LogP contribution in [0, 0.1) is 6.92 Å². The molecule has 1 aromatic carbocycles. The molecule has 0 saturated carbocycles. The largest absolute Gasteiger partial charge is 0.397 e. The Hall–Kier alpha value is -2.56. The average Bonchev–Trinajstić information content (AvgIpc) is 2.37. The maximum Gasteiger partial charge on any atom is 0.263 e. The Kier molecular flexibility index (Phi) is 3.37. The van der Waals surface area contributed by atoms with Gasteiger partial charge in [-0.3, -0.25) is 9.59 Å². The number of amides is 1. The standard InChI is InChI=1S/C14H15N3O2/c1-9-5-6-11(15)12(8-9)16-13(18)10-4-3-7-17(2)14(10)19/h3-8H,15H2,1-2H3,(H,16,18). The summed E-state index contributed by atoms with van der Waals surface area (Å²) in [5.41, 5.74) is 7.48. The summed E-state index contributed by atoms with van der Waals surface area (Å²) in [6.45, 7) is 1.90. The molecule has 0 aliphatic rings. The first-order valence-electron chi connectivity index (χ1n) is 5.82. The van der Waals surface area contributed by atoms with Crippen molar-refractivity contribution in [2.45, 2.75) is 6.92 Å². The number of pyridine rings is 1. The number of aromatic nitrogens is 1. The van der Waals surface area contributed by atoms with Crippen molar-refractivity contribution in [3.63, 3.8) is 0 Å². The van der Waals surface area contributed by atoms with E-state index in [1.807, 2.05) is 13.0 Å². The monoisotopic (exact) mass is 257 g/mol. The Morgan fingerprint density at radius 2 is 2.05 bits per heavy atom. The molecular formula is C14H15N3O2. The molecule has 2 rings (SSSR count). The van der Waals surface area contributed by atoms with Gasteiger partial charge in [-0.15, -0.1) is 0 Å². The van der Waals surface area contributed by atoms with E-state index < -0.39 is 5.91 Å². The van der Waals surface area contributed by atoms with Crippen LogP contribution in [-0.2, 0) is 7.05 Å². The smallest absolute Gasteiger partial charge is 0.263 e. The molecule has 2 aromatic rings. The van der Waals surface area contributed by atoms with Gasteiger partial charge in [0.15, 0.2) is 0 Å². The average molecular weight is 257 g/mol. The molecule has 0 aliphatic carbocycles. The maximum absolute atomic E-state index is 12.1. The van der Waals surface area contributed by atoms with E-state index in [-0.39, 0.29) is 11.1 Å². The van der Waals surface area contributed by atoms with Crippen LogP contribution in [-0.4, -0.2) is 10.5 Å².